The second kappa shape index (κ2) is 5.44. The summed E-state index contributed by atoms with van der Waals surface area (Å²) in [6.45, 7) is 0. The quantitative estimate of drug-likeness (QED) is 0.921. The molecule has 0 amide bonds. The van der Waals surface area contributed by atoms with Crippen LogP contribution in [0.5, 0.6) is 0 Å². The van der Waals surface area contributed by atoms with Gasteiger partial charge in [-0.25, -0.2) is 18.4 Å². The van der Waals surface area contributed by atoms with E-state index in [1.165, 1.54) is 12.4 Å². The number of hydrogen-bond donors (Lipinski definition) is 1. The van der Waals surface area contributed by atoms with Crippen LogP contribution in [0, 0.1) is 0 Å². The fourth-order valence-electron chi connectivity index (χ4n) is 1.89. The Bertz CT molecular complexity index is 818. The van der Waals surface area contributed by atoms with Gasteiger partial charge in [0, 0.05) is 12.1 Å². The maximum Gasteiger partial charge on any atom is 0.433 e. The molecule has 3 rings (SSSR count). The van der Waals surface area contributed by atoms with Crippen LogP contribution in [-0.4, -0.2) is 23.4 Å². The molecule has 0 spiro atoms. The van der Waals surface area contributed by atoms with Gasteiger partial charge in [0.15, 0.2) is 0 Å². The smallest absolute Gasteiger partial charge is 0.276 e. The summed E-state index contributed by atoms with van der Waals surface area (Å²) in [5.74, 6) is 0.950. The van der Waals surface area contributed by atoms with E-state index in [2.05, 4.69) is 19.7 Å². The zero-order valence-corrected chi connectivity index (χ0v) is 12.4. The van der Waals surface area contributed by atoms with Crippen molar-refractivity contribution in [3.05, 3.63) is 42.2 Å². The first-order valence-corrected chi connectivity index (χ1v) is 8.12. The number of halogens is 3. The lowest BCUT2D eigenvalue weighted by molar-refractivity contribution is -0.141. The van der Waals surface area contributed by atoms with Gasteiger partial charge in [-0.15, -0.1) is 0 Å². The van der Waals surface area contributed by atoms with E-state index in [4.69, 9.17) is 0 Å². The summed E-state index contributed by atoms with van der Waals surface area (Å²) in [5, 5.41) is 0. The predicted molar refractivity (Wildman–Crippen MR) is 74.1 cm³/mol. The lowest BCUT2D eigenvalue weighted by Gasteiger charge is -2.10. The van der Waals surface area contributed by atoms with Gasteiger partial charge in [0.05, 0.1) is 23.0 Å². The standard InChI is InChI=1S/C13H11F3N4O2S/c14-13(15,16)11-5-10(3-4-17-11)23(21,22)20-9-6-18-12(19-7-9)8-1-2-8/h3-8,20H,1-2H2. The lowest BCUT2D eigenvalue weighted by Crippen LogP contribution is -2.16. The molecule has 2 heterocycles. The highest BCUT2D eigenvalue weighted by Gasteiger charge is 2.33. The van der Waals surface area contributed by atoms with E-state index in [1.54, 1.807) is 0 Å². The van der Waals surface area contributed by atoms with Gasteiger partial charge in [0.1, 0.15) is 11.5 Å². The van der Waals surface area contributed by atoms with E-state index in [-0.39, 0.29) is 5.69 Å². The van der Waals surface area contributed by atoms with Crippen LogP contribution < -0.4 is 4.72 Å². The van der Waals surface area contributed by atoms with Crippen LogP contribution >= 0.6 is 0 Å². The Morgan fingerprint density at radius 3 is 2.35 bits per heavy atom. The minimum absolute atomic E-state index is 0.0831. The number of anilines is 1. The molecule has 10 heteroatoms. The first kappa shape index (κ1) is 15.7. The van der Waals surface area contributed by atoms with E-state index in [9.17, 15) is 21.6 Å². The summed E-state index contributed by atoms with van der Waals surface area (Å²) >= 11 is 0. The van der Waals surface area contributed by atoms with Crippen LogP contribution in [0.1, 0.15) is 30.3 Å². The van der Waals surface area contributed by atoms with Crippen LogP contribution in [0.4, 0.5) is 18.9 Å². The van der Waals surface area contributed by atoms with Crippen molar-refractivity contribution >= 4 is 15.7 Å². The largest absolute Gasteiger partial charge is 0.433 e. The average Bonchev–Trinajstić information content (AvgIpc) is 3.32. The Labute approximate surface area is 129 Å². The lowest BCUT2D eigenvalue weighted by atomic mass is 10.3. The Hall–Kier alpha value is -2.23. The number of alkyl halides is 3. The molecule has 0 unspecified atom stereocenters. The Morgan fingerprint density at radius 2 is 1.78 bits per heavy atom. The summed E-state index contributed by atoms with van der Waals surface area (Å²) < 4.78 is 64.3. The molecule has 1 saturated carbocycles. The van der Waals surface area contributed by atoms with Gasteiger partial charge in [0.25, 0.3) is 10.0 Å². The highest BCUT2D eigenvalue weighted by Crippen LogP contribution is 2.37. The Kier molecular flexibility index (Phi) is 3.71. The third-order valence-electron chi connectivity index (χ3n) is 3.20. The van der Waals surface area contributed by atoms with Crippen molar-refractivity contribution in [2.45, 2.75) is 29.8 Å². The second-order valence-corrected chi connectivity index (χ2v) is 6.77. The molecule has 2 aromatic heterocycles. The van der Waals surface area contributed by atoms with Gasteiger partial charge < -0.3 is 0 Å². The van der Waals surface area contributed by atoms with Crippen molar-refractivity contribution in [2.75, 3.05) is 4.72 Å². The number of rotatable bonds is 4. The van der Waals surface area contributed by atoms with E-state index < -0.39 is 26.8 Å². The highest BCUT2D eigenvalue weighted by molar-refractivity contribution is 7.92. The summed E-state index contributed by atoms with van der Waals surface area (Å²) in [4.78, 5) is 10.7. The molecule has 1 fully saturated rings. The van der Waals surface area contributed by atoms with Crippen molar-refractivity contribution in [1.82, 2.24) is 15.0 Å². The maximum atomic E-state index is 12.6. The van der Waals surface area contributed by atoms with Gasteiger partial charge in [-0.1, -0.05) is 0 Å². The molecule has 1 aliphatic carbocycles. The van der Waals surface area contributed by atoms with Gasteiger partial charge in [-0.05, 0) is 25.0 Å². The van der Waals surface area contributed by atoms with Gasteiger partial charge >= 0.3 is 6.18 Å². The van der Waals surface area contributed by atoms with Crippen molar-refractivity contribution in [1.29, 1.82) is 0 Å². The van der Waals surface area contributed by atoms with Crippen LogP contribution in [0.3, 0.4) is 0 Å². The van der Waals surface area contributed by atoms with Crippen LogP contribution in [0.25, 0.3) is 0 Å². The minimum Gasteiger partial charge on any atom is -0.276 e. The summed E-state index contributed by atoms with van der Waals surface area (Å²) in [7, 11) is -4.18. The summed E-state index contributed by atoms with van der Waals surface area (Å²) in [6, 6.07) is 1.46. The molecule has 0 aliphatic heterocycles. The second-order valence-electron chi connectivity index (χ2n) is 5.08. The normalized spacial score (nSPS) is 15.4. The average molecular weight is 344 g/mol. The molecule has 0 atom stereocenters. The molecular formula is C13H11F3N4O2S. The Morgan fingerprint density at radius 1 is 1.13 bits per heavy atom. The Balaban J connectivity index is 1.83. The fraction of sp³-hybridized carbons (Fsp3) is 0.308. The van der Waals surface area contributed by atoms with Crippen molar-refractivity contribution in [2.24, 2.45) is 0 Å². The topological polar surface area (TPSA) is 84.8 Å². The number of pyridine rings is 1. The molecule has 0 saturated heterocycles. The first-order chi connectivity index (χ1) is 10.8. The fourth-order valence-corrected chi connectivity index (χ4v) is 2.93. The van der Waals surface area contributed by atoms with Gasteiger partial charge in [0.2, 0.25) is 0 Å². The monoisotopic (exact) mass is 344 g/mol. The zero-order chi connectivity index (χ0) is 16.7. The molecule has 1 aliphatic rings. The molecule has 0 radical (unpaired) electrons. The van der Waals surface area contributed by atoms with Crippen LogP contribution in [0.15, 0.2) is 35.6 Å². The van der Waals surface area contributed by atoms with E-state index >= 15 is 0 Å². The van der Waals surface area contributed by atoms with Gasteiger partial charge in [-0.2, -0.15) is 13.2 Å². The SMILES string of the molecule is O=S(=O)(Nc1cnc(C2CC2)nc1)c1ccnc(C(F)(F)F)c1. The number of hydrogen-bond acceptors (Lipinski definition) is 5. The summed E-state index contributed by atoms with van der Waals surface area (Å²) in [6.07, 6.45) is 0.670. The molecular weight excluding hydrogens is 333 g/mol. The third-order valence-corrected chi connectivity index (χ3v) is 4.58. The van der Waals surface area contributed by atoms with E-state index in [0.29, 0.717) is 17.8 Å². The molecule has 6 nitrogen and oxygen atoms in total. The molecule has 0 bridgehead atoms. The molecule has 23 heavy (non-hydrogen) atoms. The van der Waals surface area contributed by atoms with Crippen LogP contribution in [0.2, 0.25) is 0 Å². The van der Waals surface area contributed by atoms with Crippen molar-refractivity contribution < 1.29 is 21.6 Å². The summed E-state index contributed by atoms with van der Waals surface area (Å²) in [5.41, 5.74) is -1.19. The molecule has 122 valence electrons. The highest BCUT2D eigenvalue weighted by atomic mass is 32.2. The number of aromatic nitrogens is 3. The predicted octanol–water partition coefficient (Wildman–Crippen LogP) is 2.57. The van der Waals surface area contributed by atoms with Crippen molar-refractivity contribution in [3.63, 3.8) is 0 Å². The number of nitrogens with zero attached hydrogens (tertiary/aromatic N) is 3. The minimum atomic E-state index is -4.72. The van der Waals surface area contributed by atoms with Crippen molar-refractivity contribution in [3.8, 4) is 0 Å². The third kappa shape index (κ3) is 3.58. The maximum absolute atomic E-state index is 12.6. The van der Waals surface area contributed by atoms with Gasteiger partial charge in [-0.3, -0.25) is 9.71 Å². The zero-order valence-electron chi connectivity index (χ0n) is 11.6. The first-order valence-electron chi connectivity index (χ1n) is 6.64. The van der Waals surface area contributed by atoms with E-state index in [1.807, 2.05) is 0 Å². The molecule has 2 aromatic rings. The van der Waals surface area contributed by atoms with E-state index in [0.717, 1.165) is 25.1 Å². The number of sulfonamides is 1. The number of nitrogens with one attached hydrogen (secondary N) is 1. The molecule has 1 N–H and O–H groups in total. The molecule has 0 aromatic carbocycles. The van der Waals surface area contributed by atoms with Crippen LogP contribution in [-0.2, 0) is 16.2 Å².